The van der Waals surface area contributed by atoms with E-state index in [0.717, 1.165) is 12.1 Å². The first kappa shape index (κ1) is 18.4. The van der Waals surface area contributed by atoms with Crippen LogP contribution in [-0.4, -0.2) is 25.4 Å². The zero-order valence-corrected chi connectivity index (χ0v) is 14.3. The summed E-state index contributed by atoms with van der Waals surface area (Å²) < 4.78 is 98.2. The third kappa shape index (κ3) is 2.97. The molecule has 1 N–H and O–H groups in total. The van der Waals surface area contributed by atoms with Crippen molar-refractivity contribution in [3.05, 3.63) is 60.3 Å². The minimum atomic E-state index is -5.12. The number of nitrogens with zero attached hydrogens (tertiary/aromatic N) is 1. The highest BCUT2D eigenvalue weighted by atomic mass is 32.2. The van der Waals surface area contributed by atoms with Crippen molar-refractivity contribution < 1.29 is 34.6 Å². The molecule has 0 saturated heterocycles. The van der Waals surface area contributed by atoms with Crippen LogP contribution in [0, 0.1) is 0 Å². The summed E-state index contributed by atoms with van der Waals surface area (Å²) in [5.41, 5.74) is -1.89. The first-order chi connectivity index (χ1) is 11.9. The Morgan fingerprint density at radius 1 is 0.885 bits per heavy atom. The number of alkyl halides is 3. The Morgan fingerprint density at radius 3 is 2.04 bits per heavy atom. The zero-order valence-electron chi connectivity index (χ0n) is 12.7. The van der Waals surface area contributed by atoms with E-state index in [4.69, 9.17) is 0 Å². The number of halogens is 3. The summed E-state index contributed by atoms with van der Waals surface area (Å²) in [6, 6.07) is 9.36. The van der Waals surface area contributed by atoms with Crippen LogP contribution in [0.3, 0.4) is 0 Å². The standard InChI is InChI=1S/C15H10F3NO5S2/c16-15(17,18)11-7-4-8-12-14(11)13(26(22,23)24)9-19(12)25(20,21)10-5-2-1-3-6-10/h1-9H,(H,22,23,24). The van der Waals surface area contributed by atoms with Gasteiger partial charge in [0, 0.05) is 11.6 Å². The van der Waals surface area contributed by atoms with Crippen molar-refractivity contribution >= 4 is 31.0 Å². The van der Waals surface area contributed by atoms with Crippen LogP contribution >= 0.6 is 0 Å². The van der Waals surface area contributed by atoms with Crippen LogP contribution in [0.2, 0.25) is 0 Å². The van der Waals surface area contributed by atoms with Crippen LogP contribution in [-0.2, 0) is 26.3 Å². The number of hydrogen-bond acceptors (Lipinski definition) is 4. The maximum atomic E-state index is 13.3. The molecule has 0 radical (unpaired) electrons. The molecular weight excluding hydrogens is 395 g/mol. The number of hydrogen-bond donors (Lipinski definition) is 1. The molecule has 11 heteroatoms. The van der Waals surface area contributed by atoms with Gasteiger partial charge in [-0.1, -0.05) is 24.3 Å². The lowest BCUT2D eigenvalue weighted by Gasteiger charge is -2.10. The smallest absolute Gasteiger partial charge is 0.282 e. The Labute approximate surface area is 146 Å². The number of rotatable bonds is 3. The second kappa shape index (κ2) is 5.83. The Bertz CT molecular complexity index is 1200. The summed E-state index contributed by atoms with van der Waals surface area (Å²) in [6.45, 7) is 0. The number of fused-ring (bicyclic) bond motifs is 1. The lowest BCUT2D eigenvalue weighted by molar-refractivity contribution is -0.136. The van der Waals surface area contributed by atoms with Crippen molar-refractivity contribution in [3.63, 3.8) is 0 Å². The van der Waals surface area contributed by atoms with Crippen molar-refractivity contribution in [2.24, 2.45) is 0 Å². The monoisotopic (exact) mass is 405 g/mol. The third-order valence-electron chi connectivity index (χ3n) is 3.64. The maximum Gasteiger partial charge on any atom is 0.417 e. The van der Waals surface area contributed by atoms with E-state index in [1.165, 1.54) is 30.3 Å². The minimum absolute atomic E-state index is 0.254. The van der Waals surface area contributed by atoms with E-state index < -0.39 is 47.7 Å². The molecule has 0 aliphatic rings. The maximum absolute atomic E-state index is 13.3. The van der Waals surface area contributed by atoms with Crippen molar-refractivity contribution in [2.45, 2.75) is 16.0 Å². The molecule has 138 valence electrons. The second-order valence-electron chi connectivity index (χ2n) is 5.28. The normalized spacial score (nSPS) is 13.2. The molecule has 0 unspecified atom stereocenters. The first-order valence-corrected chi connectivity index (χ1v) is 9.81. The van der Waals surface area contributed by atoms with E-state index >= 15 is 0 Å². The molecule has 3 rings (SSSR count). The van der Waals surface area contributed by atoms with Crippen LogP contribution in [0.4, 0.5) is 13.2 Å². The molecule has 1 aromatic heterocycles. The highest BCUT2D eigenvalue weighted by molar-refractivity contribution is 7.90. The quantitative estimate of drug-likeness (QED) is 0.676. The molecule has 0 aliphatic carbocycles. The van der Waals surface area contributed by atoms with Crippen LogP contribution in [0.1, 0.15) is 5.56 Å². The molecule has 0 spiro atoms. The summed E-state index contributed by atoms with van der Waals surface area (Å²) in [4.78, 5) is -1.39. The third-order valence-corrected chi connectivity index (χ3v) is 6.20. The van der Waals surface area contributed by atoms with E-state index in [0.29, 0.717) is 16.2 Å². The van der Waals surface area contributed by atoms with Gasteiger partial charge >= 0.3 is 6.18 Å². The summed E-state index contributed by atoms with van der Waals surface area (Å²) in [5.74, 6) is 0. The molecule has 2 aromatic carbocycles. The van der Waals surface area contributed by atoms with Gasteiger partial charge in [-0.25, -0.2) is 12.4 Å². The van der Waals surface area contributed by atoms with Crippen LogP contribution in [0.25, 0.3) is 10.9 Å². The average molecular weight is 405 g/mol. The van der Waals surface area contributed by atoms with Gasteiger partial charge < -0.3 is 0 Å². The fraction of sp³-hybridized carbons (Fsp3) is 0.0667. The molecule has 0 fully saturated rings. The molecule has 0 bridgehead atoms. The molecule has 0 saturated carbocycles. The second-order valence-corrected chi connectivity index (χ2v) is 8.48. The van der Waals surface area contributed by atoms with Gasteiger partial charge in [-0.05, 0) is 24.3 Å². The number of aromatic nitrogens is 1. The predicted molar refractivity (Wildman–Crippen MR) is 85.8 cm³/mol. The van der Waals surface area contributed by atoms with Gasteiger partial charge in [0.1, 0.15) is 4.90 Å². The van der Waals surface area contributed by atoms with Crippen molar-refractivity contribution in [1.29, 1.82) is 0 Å². The summed E-state index contributed by atoms with van der Waals surface area (Å²) in [7, 11) is -9.51. The largest absolute Gasteiger partial charge is 0.417 e. The van der Waals surface area contributed by atoms with Gasteiger partial charge in [-0.2, -0.15) is 21.6 Å². The highest BCUT2D eigenvalue weighted by Crippen LogP contribution is 2.39. The fourth-order valence-electron chi connectivity index (χ4n) is 2.56. The number of benzene rings is 2. The zero-order chi connectivity index (χ0) is 19.3. The Hall–Kier alpha value is -2.37. The van der Waals surface area contributed by atoms with Gasteiger partial charge in [0.2, 0.25) is 0 Å². The molecule has 0 aliphatic heterocycles. The van der Waals surface area contributed by atoms with Gasteiger partial charge in [0.15, 0.2) is 0 Å². The average Bonchev–Trinajstić information content (AvgIpc) is 2.95. The first-order valence-electron chi connectivity index (χ1n) is 6.93. The van der Waals surface area contributed by atoms with E-state index in [9.17, 15) is 34.6 Å². The Balaban J connectivity index is 2.48. The van der Waals surface area contributed by atoms with Crippen LogP contribution < -0.4 is 0 Å². The van der Waals surface area contributed by atoms with E-state index in [2.05, 4.69) is 0 Å². The van der Waals surface area contributed by atoms with Gasteiger partial charge in [-0.3, -0.25) is 4.55 Å². The van der Waals surface area contributed by atoms with Gasteiger partial charge in [0.05, 0.1) is 16.0 Å². The molecule has 6 nitrogen and oxygen atoms in total. The Morgan fingerprint density at radius 2 is 1.50 bits per heavy atom. The minimum Gasteiger partial charge on any atom is -0.282 e. The highest BCUT2D eigenvalue weighted by Gasteiger charge is 2.37. The van der Waals surface area contributed by atoms with E-state index in [-0.39, 0.29) is 4.90 Å². The van der Waals surface area contributed by atoms with E-state index in [1.807, 2.05) is 0 Å². The molecule has 0 amide bonds. The molecule has 3 aromatic rings. The fourth-order valence-corrected chi connectivity index (χ4v) is 4.72. The summed E-state index contributed by atoms with van der Waals surface area (Å²) in [5, 5.41) is -0.915. The van der Waals surface area contributed by atoms with Crippen LogP contribution in [0.5, 0.6) is 0 Å². The molecule has 0 atom stereocenters. The lowest BCUT2D eigenvalue weighted by Crippen LogP contribution is -2.12. The van der Waals surface area contributed by atoms with Crippen molar-refractivity contribution in [3.8, 4) is 0 Å². The summed E-state index contributed by atoms with van der Waals surface area (Å²) >= 11 is 0. The predicted octanol–water partition coefficient (Wildman–Crippen LogP) is 3.14. The topological polar surface area (TPSA) is 93.4 Å². The summed E-state index contributed by atoms with van der Waals surface area (Å²) in [6.07, 6.45) is -4.49. The molecule has 1 heterocycles. The molecular formula is C15H10F3NO5S2. The Kier molecular flexibility index (Phi) is 4.13. The van der Waals surface area contributed by atoms with Crippen LogP contribution in [0.15, 0.2) is 64.5 Å². The SMILES string of the molecule is O=S(=O)(O)c1cn(S(=O)(=O)c2ccccc2)c2cccc(C(F)(F)F)c12. The van der Waals surface area contributed by atoms with Crippen molar-refractivity contribution in [2.75, 3.05) is 0 Å². The molecule has 26 heavy (non-hydrogen) atoms. The van der Waals surface area contributed by atoms with Gasteiger partial charge in [-0.15, -0.1) is 0 Å². The lowest BCUT2D eigenvalue weighted by atomic mass is 10.1. The van der Waals surface area contributed by atoms with Crippen molar-refractivity contribution in [1.82, 2.24) is 3.97 Å². The van der Waals surface area contributed by atoms with E-state index in [1.54, 1.807) is 0 Å². The van der Waals surface area contributed by atoms with Gasteiger partial charge in [0.25, 0.3) is 20.1 Å².